The molecule has 1 unspecified atom stereocenters. The van der Waals surface area contributed by atoms with E-state index in [1.54, 1.807) is 25.4 Å². The second kappa shape index (κ2) is 7.90. The first-order valence-electron chi connectivity index (χ1n) is 7.05. The van der Waals surface area contributed by atoms with E-state index in [0.29, 0.717) is 18.1 Å². The summed E-state index contributed by atoms with van der Waals surface area (Å²) in [5.74, 6) is 0.392. The summed E-state index contributed by atoms with van der Waals surface area (Å²) in [6, 6.07) is 10.5. The van der Waals surface area contributed by atoms with Crippen LogP contribution < -0.4 is 16.8 Å². The van der Waals surface area contributed by atoms with Crippen LogP contribution in [0.15, 0.2) is 53.8 Å². The zero-order valence-electron chi connectivity index (χ0n) is 12.8. The lowest BCUT2D eigenvalue weighted by molar-refractivity contribution is 0.0386. The molecule has 0 spiro atoms. The van der Waals surface area contributed by atoms with Crippen molar-refractivity contribution in [1.29, 1.82) is 0 Å². The van der Waals surface area contributed by atoms with Crippen molar-refractivity contribution >= 4 is 17.6 Å². The lowest BCUT2D eigenvalue weighted by atomic mass is 10.1. The summed E-state index contributed by atoms with van der Waals surface area (Å²) >= 11 is 0. The number of aliphatic imine (C=N–C) groups is 1. The Hall–Kier alpha value is -2.93. The lowest BCUT2D eigenvalue weighted by Gasteiger charge is -2.13. The predicted octanol–water partition coefficient (Wildman–Crippen LogP) is 1.65. The summed E-state index contributed by atoms with van der Waals surface area (Å²) in [7, 11) is 0. The Labute approximate surface area is 134 Å². The molecule has 5 N–H and O–H groups in total. The number of nitrogens with zero attached hydrogens (tertiary/aromatic N) is 2. The van der Waals surface area contributed by atoms with Gasteiger partial charge in [0.15, 0.2) is 0 Å². The van der Waals surface area contributed by atoms with Crippen LogP contribution in [0.1, 0.15) is 18.1 Å². The molecule has 7 nitrogen and oxygen atoms in total. The molecule has 1 aromatic carbocycles. The summed E-state index contributed by atoms with van der Waals surface area (Å²) in [6.45, 7) is 2.02. The SMILES string of the molecule is CC(NC(N)=O)OCc1cccc(C(N)=Nc2cccnc2)c1. The van der Waals surface area contributed by atoms with E-state index < -0.39 is 12.3 Å². The molecular formula is C16H19N5O2. The van der Waals surface area contributed by atoms with Gasteiger partial charge >= 0.3 is 6.03 Å². The number of urea groups is 1. The number of ether oxygens (including phenoxy) is 1. The smallest absolute Gasteiger partial charge is 0.314 e. The fourth-order valence-electron chi connectivity index (χ4n) is 1.91. The van der Waals surface area contributed by atoms with Gasteiger partial charge in [-0.15, -0.1) is 0 Å². The van der Waals surface area contributed by atoms with Crippen LogP contribution in [-0.2, 0) is 11.3 Å². The average Bonchev–Trinajstić information content (AvgIpc) is 2.53. The van der Waals surface area contributed by atoms with Gasteiger partial charge in [-0.1, -0.05) is 18.2 Å². The number of rotatable bonds is 6. The molecule has 0 saturated carbocycles. The summed E-state index contributed by atoms with van der Waals surface area (Å²) in [4.78, 5) is 19.0. The van der Waals surface area contributed by atoms with Gasteiger partial charge in [-0.25, -0.2) is 9.79 Å². The third kappa shape index (κ3) is 5.40. The fourth-order valence-corrected chi connectivity index (χ4v) is 1.91. The van der Waals surface area contributed by atoms with Gasteiger partial charge in [0.2, 0.25) is 0 Å². The van der Waals surface area contributed by atoms with Crippen LogP contribution in [0.3, 0.4) is 0 Å². The van der Waals surface area contributed by atoms with Crippen LogP contribution in [0.25, 0.3) is 0 Å². The number of hydrogen-bond acceptors (Lipinski definition) is 4. The van der Waals surface area contributed by atoms with Gasteiger partial charge in [-0.3, -0.25) is 4.98 Å². The molecule has 0 aliphatic rings. The van der Waals surface area contributed by atoms with Gasteiger partial charge < -0.3 is 21.5 Å². The van der Waals surface area contributed by atoms with Crippen LogP contribution in [0.2, 0.25) is 0 Å². The first kappa shape index (κ1) is 16.4. The minimum absolute atomic E-state index is 0.315. The van der Waals surface area contributed by atoms with Crippen molar-refractivity contribution in [1.82, 2.24) is 10.3 Å². The van der Waals surface area contributed by atoms with E-state index in [1.165, 1.54) is 0 Å². The molecule has 0 fully saturated rings. The molecule has 0 bridgehead atoms. The Morgan fingerprint density at radius 1 is 1.35 bits per heavy atom. The molecular weight excluding hydrogens is 294 g/mol. The van der Waals surface area contributed by atoms with Crippen molar-refractivity contribution in [3.05, 3.63) is 59.9 Å². The summed E-state index contributed by atoms with van der Waals surface area (Å²) in [5, 5.41) is 2.44. The Kier molecular flexibility index (Phi) is 5.65. The van der Waals surface area contributed by atoms with Gasteiger partial charge in [-0.2, -0.15) is 0 Å². The Morgan fingerprint density at radius 3 is 2.87 bits per heavy atom. The number of aromatic nitrogens is 1. The highest BCUT2D eigenvalue weighted by molar-refractivity contribution is 5.99. The second-order valence-corrected chi connectivity index (χ2v) is 4.87. The summed E-state index contributed by atoms with van der Waals surface area (Å²) in [5.41, 5.74) is 13.4. The van der Waals surface area contributed by atoms with E-state index in [-0.39, 0.29) is 0 Å². The summed E-state index contributed by atoms with van der Waals surface area (Å²) < 4.78 is 5.49. The topological polar surface area (TPSA) is 116 Å². The van der Waals surface area contributed by atoms with Crippen LogP contribution >= 0.6 is 0 Å². The normalized spacial score (nSPS) is 12.7. The van der Waals surface area contributed by atoms with Crippen molar-refractivity contribution in [2.75, 3.05) is 0 Å². The van der Waals surface area contributed by atoms with Crippen molar-refractivity contribution in [3.63, 3.8) is 0 Å². The van der Waals surface area contributed by atoms with E-state index in [1.807, 2.05) is 30.3 Å². The number of primary amides is 1. The van der Waals surface area contributed by atoms with Crippen molar-refractivity contribution in [2.45, 2.75) is 19.8 Å². The molecule has 0 saturated heterocycles. The largest absolute Gasteiger partial charge is 0.383 e. The number of nitrogens with one attached hydrogen (secondary N) is 1. The molecule has 0 aliphatic heterocycles. The van der Waals surface area contributed by atoms with Gasteiger partial charge in [0, 0.05) is 11.8 Å². The predicted molar refractivity (Wildman–Crippen MR) is 88.0 cm³/mol. The number of pyridine rings is 1. The Balaban J connectivity index is 2.04. The second-order valence-electron chi connectivity index (χ2n) is 4.87. The first-order valence-corrected chi connectivity index (χ1v) is 7.05. The highest BCUT2D eigenvalue weighted by Crippen LogP contribution is 2.12. The molecule has 7 heteroatoms. The summed E-state index contributed by atoms with van der Waals surface area (Å²) in [6.07, 6.45) is 2.84. The van der Waals surface area contributed by atoms with Gasteiger partial charge in [-0.05, 0) is 30.7 Å². The number of hydrogen-bond donors (Lipinski definition) is 3. The third-order valence-electron chi connectivity index (χ3n) is 2.96. The lowest BCUT2D eigenvalue weighted by Crippen LogP contribution is -2.38. The molecule has 1 aromatic heterocycles. The standard InChI is InChI=1S/C16H19N5O2/c1-11(20-16(18)22)23-10-12-4-2-5-13(8-12)15(17)21-14-6-3-7-19-9-14/h2-9,11H,10H2,1H3,(H2,17,21)(H3,18,20,22). The maximum atomic E-state index is 10.7. The van der Waals surface area contributed by atoms with Crippen molar-refractivity contribution in [2.24, 2.45) is 16.5 Å². The highest BCUT2D eigenvalue weighted by Gasteiger charge is 2.05. The fraction of sp³-hybridized carbons (Fsp3) is 0.188. The number of nitrogens with two attached hydrogens (primary N) is 2. The minimum Gasteiger partial charge on any atom is -0.383 e. The van der Waals surface area contributed by atoms with E-state index in [2.05, 4.69) is 15.3 Å². The highest BCUT2D eigenvalue weighted by atomic mass is 16.5. The maximum Gasteiger partial charge on any atom is 0.314 e. The molecule has 1 atom stereocenters. The molecule has 2 aromatic rings. The van der Waals surface area contributed by atoms with E-state index in [0.717, 1.165) is 11.1 Å². The number of amides is 2. The average molecular weight is 313 g/mol. The van der Waals surface area contributed by atoms with Crippen LogP contribution in [0, 0.1) is 0 Å². The van der Waals surface area contributed by atoms with Crippen molar-refractivity contribution < 1.29 is 9.53 Å². The number of carbonyl (C=O) groups excluding carboxylic acids is 1. The maximum absolute atomic E-state index is 10.7. The van der Waals surface area contributed by atoms with E-state index in [9.17, 15) is 4.79 Å². The molecule has 0 radical (unpaired) electrons. The number of amidine groups is 1. The number of carbonyl (C=O) groups is 1. The molecule has 2 amide bonds. The van der Waals surface area contributed by atoms with E-state index >= 15 is 0 Å². The van der Waals surface area contributed by atoms with Crippen LogP contribution in [0.4, 0.5) is 10.5 Å². The van der Waals surface area contributed by atoms with Crippen molar-refractivity contribution in [3.8, 4) is 0 Å². The molecule has 120 valence electrons. The number of benzene rings is 1. The minimum atomic E-state index is -0.626. The zero-order chi connectivity index (χ0) is 16.7. The quantitative estimate of drug-likeness (QED) is 0.427. The molecule has 2 rings (SSSR count). The first-order chi connectivity index (χ1) is 11.0. The van der Waals surface area contributed by atoms with Gasteiger partial charge in [0.05, 0.1) is 18.5 Å². The molecule has 0 aliphatic carbocycles. The Morgan fingerprint density at radius 2 is 2.17 bits per heavy atom. The van der Waals surface area contributed by atoms with Gasteiger partial charge in [0.25, 0.3) is 0 Å². The van der Waals surface area contributed by atoms with E-state index in [4.69, 9.17) is 16.2 Å². The van der Waals surface area contributed by atoms with Crippen LogP contribution in [-0.4, -0.2) is 23.1 Å². The van der Waals surface area contributed by atoms with Gasteiger partial charge in [0.1, 0.15) is 12.1 Å². The Bertz CT molecular complexity index is 688. The zero-order valence-corrected chi connectivity index (χ0v) is 12.8. The third-order valence-corrected chi connectivity index (χ3v) is 2.96. The molecule has 23 heavy (non-hydrogen) atoms. The molecule has 1 heterocycles. The van der Waals surface area contributed by atoms with Crippen LogP contribution in [0.5, 0.6) is 0 Å². The monoisotopic (exact) mass is 313 g/mol.